The van der Waals surface area contributed by atoms with E-state index in [-0.39, 0.29) is 34.8 Å². The van der Waals surface area contributed by atoms with Crippen LogP contribution in [0, 0.1) is 17.3 Å². The molecule has 1 N–H and O–H groups in total. The molecule has 7 heteroatoms. The summed E-state index contributed by atoms with van der Waals surface area (Å²) in [6.45, 7) is 5.16. The van der Waals surface area contributed by atoms with E-state index in [9.17, 15) is 19.5 Å². The quantitative estimate of drug-likeness (QED) is 0.305. The minimum atomic E-state index is -0.205. The molecule has 0 bridgehead atoms. The third-order valence-corrected chi connectivity index (χ3v) is 10.9. The zero-order valence-electron chi connectivity index (χ0n) is 22.9. The van der Waals surface area contributed by atoms with Crippen LogP contribution >= 0.6 is 11.8 Å². The van der Waals surface area contributed by atoms with Crippen molar-refractivity contribution in [3.63, 3.8) is 0 Å². The van der Waals surface area contributed by atoms with Crippen LogP contribution in [0.25, 0.3) is 0 Å². The van der Waals surface area contributed by atoms with E-state index < -0.39 is 0 Å². The number of likely N-dealkylation sites (tertiary alicyclic amines) is 1. The van der Waals surface area contributed by atoms with Crippen LogP contribution in [-0.4, -0.2) is 57.4 Å². The minimum absolute atomic E-state index is 0.0390. The smallest absolute Gasteiger partial charge is 0.242 e. The molecule has 4 aliphatic rings. The van der Waals surface area contributed by atoms with Gasteiger partial charge in [0.05, 0.1) is 11.8 Å². The summed E-state index contributed by atoms with van der Waals surface area (Å²) < 4.78 is 0. The first-order chi connectivity index (χ1) is 18.3. The van der Waals surface area contributed by atoms with Crippen molar-refractivity contribution in [1.82, 2.24) is 4.90 Å². The number of aryl methyl sites for hydroxylation is 1. The first kappa shape index (κ1) is 27.4. The monoisotopic (exact) mass is 538 g/mol. The third kappa shape index (κ3) is 5.32. The SMILES string of the molecule is CCSC1CC(=O)N(CCCCCC(=O)CN=C2CCC3C4CCc5cc(O)ccc5C4CCC23C)C1=O. The van der Waals surface area contributed by atoms with Gasteiger partial charge < -0.3 is 5.11 Å². The lowest BCUT2D eigenvalue weighted by Gasteiger charge is -2.49. The number of fused-ring (bicyclic) bond motifs is 5. The predicted molar refractivity (Wildman–Crippen MR) is 152 cm³/mol. The second-order valence-electron chi connectivity index (χ2n) is 11.9. The topological polar surface area (TPSA) is 87.0 Å². The first-order valence-corrected chi connectivity index (χ1v) is 15.7. The van der Waals surface area contributed by atoms with Crippen molar-refractivity contribution in [2.24, 2.45) is 22.2 Å². The molecular weight excluding hydrogens is 496 g/mol. The lowest BCUT2D eigenvalue weighted by atomic mass is 9.55. The maximum Gasteiger partial charge on any atom is 0.242 e. The van der Waals surface area contributed by atoms with E-state index in [4.69, 9.17) is 4.99 Å². The largest absolute Gasteiger partial charge is 0.508 e. The number of benzene rings is 1. The van der Waals surface area contributed by atoms with Crippen LogP contribution in [0.15, 0.2) is 23.2 Å². The van der Waals surface area contributed by atoms with Gasteiger partial charge in [0.2, 0.25) is 11.8 Å². The van der Waals surface area contributed by atoms with Crippen LogP contribution in [0.5, 0.6) is 5.75 Å². The van der Waals surface area contributed by atoms with Gasteiger partial charge in [0.15, 0.2) is 5.78 Å². The molecule has 3 aliphatic carbocycles. The highest BCUT2D eigenvalue weighted by atomic mass is 32.2. The molecular formula is C31H42N2O4S. The van der Waals surface area contributed by atoms with Crippen molar-refractivity contribution >= 4 is 35.1 Å². The van der Waals surface area contributed by atoms with Crippen LogP contribution in [0.3, 0.4) is 0 Å². The van der Waals surface area contributed by atoms with Crippen LogP contribution in [-0.2, 0) is 20.8 Å². The molecule has 5 rings (SSSR count). The number of imide groups is 1. The molecule has 5 atom stereocenters. The summed E-state index contributed by atoms with van der Waals surface area (Å²) >= 11 is 1.55. The summed E-state index contributed by atoms with van der Waals surface area (Å²) in [6.07, 6.45) is 9.91. The summed E-state index contributed by atoms with van der Waals surface area (Å²) in [7, 11) is 0. The summed E-state index contributed by atoms with van der Waals surface area (Å²) in [4.78, 5) is 43.5. The standard InChI is InChI=1S/C31H42N2O4S/c1-3-38-27-18-29(36)33(30(27)37)16-6-4-5-7-22(35)19-32-28-13-12-26-25-10-8-20-17-21(34)9-11-23(20)24(25)14-15-31(26,28)2/h9,11,17,24-27,34H,3-8,10,12-16,18-19H2,1-2H3. The number of phenols is 1. The van der Waals surface area contributed by atoms with Gasteiger partial charge in [-0.15, -0.1) is 11.8 Å². The second kappa shape index (κ2) is 11.5. The van der Waals surface area contributed by atoms with Crippen molar-refractivity contribution in [2.75, 3.05) is 18.8 Å². The van der Waals surface area contributed by atoms with Gasteiger partial charge in [-0.1, -0.05) is 26.3 Å². The van der Waals surface area contributed by atoms with E-state index in [0.29, 0.717) is 42.9 Å². The van der Waals surface area contributed by atoms with Gasteiger partial charge in [-0.3, -0.25) is 24.3 Å². The maximum atomic E-state index is 12.6. The Hall–Kier alpha value is -2.15. The Morgan fingerprint density at radius 2 is 2.00 bits per heavy atom. The molecule has 0 aromatic heterocycles. The number of hydrogen-bond acceptors (Lipinski definition) is 6. The number of amides is 2. The molecule has 6 nitrogen and oxygen atoms in total. The van der Waals surface area contributed by atoms with Crippen molar-refractivity contribution < 1.29 is 19.5 Å². The maximum absolute atomic E-state index is 12.6. The van der Waals surface area contributed by atoms with Crippen molar-refractivity contribution in [3.8, 4) is 5.75 Å². The average Bonchev–Trinajstić information content (AvgIpc) is 3.37. The van der Waals surface area contributed by atoms with Gasteiger partial charge in [0, 0.05) is 30.5 Å². The van der Waals surface area contributed by atoms with Crippen LogP contribution in [0.2, 0.25) is 0 Å². The first-order valence-electron chi connectivity index (χ1n) is 14.6. The normalized spacial score (nSPS) is 31.4. The van der Waals surface area contributed by atoms with Crippen molar-refractivity contribution in [3.05, 3.63) is 29.3 Å². The number of ketones is 1. The molecule has 0 radical (unpaired) electrons. The summed E-state index contributed by atoms with van der Waals surface area (Å²) in [5, 5.41) is 9.71. The fraction of sp³-hybridized carbons (Fsp3) is 0.677. The number of phenolic OH excluding ortho intramolecular Hbond substituents is 1. The Kier molecular flexibility index (Phi) is 8.32. The van der Waals surface area contributed by atoms with E-state index in [1.165, 1.54) is 34.6 Å². The molecule has 1 saturated heterocycles. The lowest BCUT2D eigenvalue weighted by Crippen LogP contribution is -2.42. The number of aromatic hydroxyl groups is 1. The molecule has 1 heterocycles. The highest BCUT2D eigenvalue weighted by molar-refractivity contribution is 8.00. The summed E-state index contributed by atoms with van der Waals surface area (Å²) in [5.41, 5.74) is 4.14. The van der Waals surface area contributed by atoms with Gasteiger partial charge in [-0.05, 0) is 98.1 Å². The van der Waals surface area contributed by atoms with Gasteiger partial charge in [0.1, 0.15) is 5.75 Å². The van der Waals surface area contributed by atoms with Gasteiger partial charge >= 0.3 is 0 Å². The Bertz CT molecular complexity index is 1120. The van der Waals surface area contributed by atoms with Crippen molar-refractivity contribution in [1.29, 1.82) is 0 Å². The Morgan fingerprint density at radius 1 is 1.16 bits per heavy atom. The predicted octanol–water partition coefficient (Wildman–Crippen LogP) is 5.70. The molecule has 2 amide bonds. The molecule has 0 spiro atoms. The van der Waals surface area contributed by atoms with E-state index >= 15 is 0 Å². The zero-order valence-corrected chi connectivity index (χ0v) is 23.7. The number of aliphatic imine (C=N–C) groups is 1. The number of carbonyl (C=O) groups is 3. The second-order valence-corrected chi connectivity index (χ2v) is 13.4. The number of unbranched alkanes of at least 4 members (excludes halogenated alkanes) is 2. The third-order valence-electron chi connectivity index (χ3n) is 9.81. The van der Waals surface area contributed by atoms with Gasteiger partial charge in [-0.25, -0.2) is 0 Å². The molecule has 5 unspecified atom stereocenters. The van der Waals surface area contributed by atoms with E-state index in [1.807, 2.05) is 19.1 Å². The lowest BCUT2D eigenvalue weighted by molar-refractivity contribution is -0.138. The van der Waals surface area contributed by atoms with Gasteiger partial charge in [-0.2, -0.15) is 0 Å². The number of thioether (sulfide) groups is 1. The van der Waals surface area contributed by atoms with E-state index in [0.717, 1.165) is 50.7 Å². The number of hydrogen-bond donors (Lipinski definition) is 1. The van der Waals surface area contributed by atoms with Crippen molar-refractivity contribution in [2.45, 2.75) is 95.6 Å². The molecule has 1 aliphatic heterocycles. The summed E-state index contributed by atoms with van der Waals surface area (Å²) in [5.74, 6) is 3.19. The van der Waals surface area contributed by atoms with Crippen LogP contribution in [0.1, 0.15) is 95.1 Å². The Balaban J connectivity index is 1.08. The Morgan fingerprint density at radius 3 is 2.82 bits per heavy atom. The minimum Gasteiger partial charge on any atom is -0.508 e. The highest BCUT2D eigenvalue weighted by Gasteiger charge is 2.53. The molecule has 1 aromatic carbocycles. The molecule has 206 valence electrons. The fourth-order valence-corrected chi connectivity index (χ4v) is 8.80. The average molecular weight is 539 g/mol. The van der Waals surface area contributed by atoms with Gasteiger partial charge in [0.25, 0.3) is 0 Å². The fourth-order valence-electron chi connectivity index (χ4n) is 7.87. The van der Waals surface area contributed by atoms with Crippen LogP contribution < -0.4 is 0 Å². The number of carbonyl (C=O) groups excluding carboxylic acids is 3. The zero-order chi connectivity index (χ0) is 26.9. The highest BCUT2D eigenvalue weighted by Crippen LogP contribution is 2.60. The van der Waals surface area contributed by atoms with Crippen LogP contribution in [0.4, 0.5) is 0 Å². The molecule has 3 fully saturated rings. The number of rotatable bonds is 10. The summed E-state index contributed by atoms with van der Waals surface area (Å²) in [6, 6.07) is 5.95. The molecule has 1 aromatic rings. The van der Waals surface area contributed by atoms with E-state index in [1.54, 1.807) is 11.8 Å². The Labute approximate surface area is 231 Å². The number of Topliss-reactive ketones (excluding diaryl/α,β-unsaturated/α-hetero) is 1. The molecule has 38 heavy (non-hydrogen) atoms. The molecule has 2 saturated carbocycles. The van der Waals surface area contributed by atoms with E-state index in [2.05, 4.69) is 13.0 Å². The number of nitrogens with zero attached hydrogens (tertiary/aromatic N) is 2.